The van der Waals surface area contributed by atoms with Crippen LogP contribution in [0.2, 0.25) is 0 Å². The number of aliphatic hydroxyl groups is 1. The van der Waals surface area contributed by atoms with Crippen molar-refractivity contribution in [1.82, 2.24) is 5.32 Å². The van der Waals surface area contributed by atoms with Gasteiger partial charge in [0.15, 0.2) is 0 Å². The molecule has 0 aliphatic rings. The highest BCUT2D eigenvalue weighted by atomic mass is 16.3. The van der Waals surface area contributed by atoms with E-state index in [1.807, 2.05) is 6.07 Å². The maximum atomic E-state index is 10.4. The quantitative estimate of drug-likeness (QED) is 0.810. The van der Waals surface area contributed by atoms with Crippen LogP contribution in [0.4, 0.5) is 0 Å². The van der Waals surface area contributed by atoms with Gasteiger partial charge in [0, 0.05) is 6.04 Å². The monoisotopic (exact) mass is 249 g/mol. The predicted octanol–water partition coefficient (Wildman–Crippen LogP) is 3.36. The van der Waals surface area contributed by atoms with E-state index in [1.54, 1.807) is 0 Å². The SMILES string of the molecule is CCC(NCC(C)C)C(O)c1ccc(C)c(C)c1. The van der Waals surface area contributed by atoms with Crippen LogP contribution in [0.5, 0.6) is 0 Å². The zero-order valence-corrected chi connectivity index (χ0v) is 12.3. The maximum Gasteiger partial charge on any atom is 0.0942 e. The predicted molar refractivity (Wildman–Crippen MR) is 77.8 cm³/mol. The molecule has 0 aromatic heterocycles. The molecule has 0 saturated heterocycles. The first-order valence-electron chi connectivity index (χ1n) is 6.94. The van der Waals surface area contributed by atoms with E-state index in [2.05, 4.69) is 52.1 Å². The maximum absolute atomic E-state index is 10.4. The lowest BCUT2D eigenvalue weighted by Crippen LogP contribution is -2.36. The van der Waals surface area contributed by atoms with E-state index in [-0.39, 0.29) is 6.04 Å². The summed E-state index contributed by atoms with van der Waals surface area (Å²) in [6.07, 6.45) is 0.508. The Morgan fingerprint density at radius 2 is 1.83 bits per heavy atom. The number of hydrogen-bond donors (Lipinski definition) is 2. The molecule has 0 amide bonds. The minimum absolute atomic E-state index is 0.134. The molecular formula is C16H27NO. The Morgan fingerprint density at radius 1 is 1.17 bits per heavy atom. The average molecular weight is 249 g/mol. The van der Waals surface area contributed by atoms with E-state index >= 15 is 0 Å². The summed E-state index contributed by atoms with van der Waals surface area (Å²) < 4.78 is 0. The van der Waals surface area contributed by atoms with Gasteiger partial charge in [-0.25, -0.2) is 0 Å². The van der Waals surface area contributed by atoms with Crippen LogP contribution in [0.15, 0.2) is 18.2 Å². The first-order chi connectivity index (χ1) is 8.45. The van der Waals surface area contributed by atoms with Gasteiger partial charge < -0.3 is 10.4 Å². The van der Waals surface area contributed by atoms with E-state index in [9.17, 15) is 5.11 Å². The molecule has 2 atom stereocenters. The van der Waals surface area contributed by atoms with Crippen molar-refractivity contribution in [2.24, 2.45) is 5.92 Å². The highest BCUT2D eigenvalue weighted by molar-refractivity contribution is 5.31. The fourth-order valence-corrected chi connectivity index (χ4v) is 2.05. The molecule has 0 bridgehead atoms. The standard InChI is InChI=1S/C16H27NO/c1-6-15(17-10-11(2)3)16(18)14-8-7-12(4)13(5)9-14/h7-9,11,15-18H,6,10H2,1-5H3. The van der Waals surface area contributed by atoms with E-state index in [0.29, 0.717) is 5.92 Å². The molecule has 2 N–H and O–H groups in total. The van der Waals surface area contributed by atoms with Crippen LogP contribution in [0.25, 0.3) is 0 Å². The van der Waals surface area contributed by atoms with Gasteiger partial charge in [-0.05, 0) is 49.4 Å². The van der Waals surface area contributed by atoms with Crippen molar-refractivity contribution in [2.75, 3.05) is 6.54 Å². The summed E-state index contributed by atoms with van der Waals surface area (Å²) in [6, 6.07) is 6.35. The fraction of sp³-hybridized carbons (Fsp3) is 0.625. The fourth-order valence-electron chi connectivity index (χ4n) is 2.05. The van der Waals surface area contributed by atoms with Crippen LogP contribution >= 0.6 is 0 Å². The third kappa shape index (κ3) is 4.11. The van der Waals surface area contributed by atoms with Gasteiger partial charge in [0.1, 0.15) is 0 Å². The van der Waals surface area contributed by atoms with Gasteiger partial charge in [0.2, 0.25) is 0 Å². The highest BCUT2D eigenvalue weighted by Gasteiger charge is 2.19. The molecular weight excluding hydrogens is 222 g/mol. The summed E-state index contributed by atoms with van der Waals surface area (Å²) in [7, 11) is 0. The molecule has 18 heavy (non-hydrogen) atoms. The van der Waals surface area contributed by atoms with E-state index in [1.165, 1.54) is 11.1 Å². The summed E-state index contributed by atoms with van der Waals surface area (Å²) in [5, 5.41) is 13.9. The van der Waals surface area contributed by atoms with Crippen LogP contribution in [0.1, 0.15) is 50.0 Å². The van der Waals surface area contributed by atoms with Crippen molar-refractivity contribution in [2.45, 2.75) is 53.2 Å². The van der Waals surface area contributed by atoms with Crippen molar-refractivity contribution >= 4 is 0 Å². The topological polar surface area (TPSA) is 32.3 Å². The minimum atomic E-state index is -0.423. The normalized spacial score (nSPS) is 14.8. The van der Waals surface area contributed by atoms with E-state index in [4.69, 9.17) is 0 Å². The number of nitrogens with one attached hydrogen (secondary N) is 1. The summed E-state index contributed by atoms with van der Waals surface area (Å²) in [6.45, 7) is 11.6. The Balaban J connectivity index is 2.76. The van der Waals surface area contributed by atoms with Gasteiger partial charge in [-0.2, -0.15) is 0 Å². The minimum Gasteiger partial charge on any atom is -0.387 e. The summed E-state index contributed by atoms with van der Waals surface area (Å²) in [4.78, 5) is 0. The van der Waals surface area contributed by atoms with Gasteiger partial charge in [0.25, 0.3) is 0 Å². The molecule has 0 saturated carbocycles. The highest BCUT2D eigenvalue weighted by Crippen LogP contribution is 2.21. The molecule has 1 rings (SSSR count). The summed E-state index contributed by atoms with van der Waals surface area (Å²) in [5.41, 5.74) is 3.53. The molecule has 1 aromatic carbocycles. The molecule has 2 heteroatoms. The van der Waals surface area contributed by atoms with Gasteiger partial charge in [-0.15, -0.1) is 0 Å². The Kier molecular flexibility index (Phi) is 5.83. The van der Waals surface area contributed by atoms with E-state index in [0.717, 1.165) is 18.5 Å². The molecule has 0 fully saturated rings. The van der Waals surface area contributed by atoms with Crippen LogP contribution in [0, 0.1) is 19.8 Å². The molecule has 0 spiro atoms. The molecule has 0 aliphatic carbocycles. The van der Waals surface area contributed by atoms with Gasteiger partial charge in [0.05, 0.1) is 6.10 Å². The molecule has 1 aromatic rings. The second kappa shape index (κ2) is 6.91. The summed E-state index contributed by atoms with van der Waals surface area (Å²) in [5.74, 6) is 0.603. The van der Waals surface area contributed by atoms with Crippen molar-refractivity contribution in [1.29, 1.82) is 0 Å². The molecule has 102 valence electrons. The van der Waals surface area contributed by atoms with E-state index < -0.39 is 6.10 Å². The van der Waals surface area contributed by atoms with Crippen molar-refractivity contribution in [3.05, 3.63) is 34.9 Å². The molecule has 0 radical (unpaired) electrons. The van der Waals surface area contributed by atoms with Gasteiger partial charge >= 0.3 is 0 Å². The Hall–Kier alpha value is -0.860. The number of aryl methyl sites for hydroxylation is 2. The van der Waals surface area contributed by atoms with Crippen LogP contribution in [-0.4, -0.2) is 17.7 Å². The van der Waals surface area contributed by atoms with Gasteiger partial charge in [-0.1, -0.05) is 39.0 Å². The lowest BCUT2D eigenvalue weighted by Gasteiger charge is -2.24. The largest absolute Gasteiger partial charge is 0.387 e. The zero-order chi connectivity index (χ0) is 13.7. The third-order valence-electron chi connectivity index (χ3n) is 3.48. The third-order valence-corrected chi connectivity index (χ3v) is 3.48. The lowest BCUT2D eigenvalue weighted by atomic mass is 9.96. The van der Waals surface area contributed by atoms with Crippen LogP contribution < -0.4 is 5.32 Å². The zero-order valence-electron chi connectivity index (χ0n) is 12.3. The number of hydrogen-bond acceptors (Lipinski definition) is 2. The average Bonchev–Trinajstić information content (AvgIpc) is 2.32. The summed E-state index contributed by atoms with van der Waals surface area (Å²) >= 11 is 0. The molecule has 2 nitrogen and oxygen atoms in total. The first-order valence-corrected chi connectivity index (χ1v) is 6.94. The number of benzene rings is 1. The van der Waals surface area contributed by atoms with Gasteiger partial charge in [-0.3, -0.25) is 0 Å². The van der Waals surface area contributed by atoms with Crippen molar-refractivity contribution in [3.8, 4) is 0 Å². The number of aliphatic hydroxyl groups excluding tert-OH is 1. The van der Waals surface area contributed by atoms with Crippen molar-refractivity contribution in [3.63, 3.8) is 0 Å². The molecule has 0 aliphatic heterocycles. The van der Waals surface area contributed by atoms with Crippen LogP contribution in [0.3, 0.4) is 0 Å². The van der Waals surface area contributed by atoms with Crippen LogP contribution in [-0.2, 0) is 0 Å². The Labute approximate surface area is 111 Å². The molecule has 2 unspecified atom stereocenters. The van der Waals surface area contributed by atoms with Crippen molar-refractivity contribution < 1.29 is 5.11 Å². The number of rotatable bonds is 6. The Bertz CT molecular complexity index is 373. The first kappa shape index (κ1) is 15.2. The smallest absolute Gasteiger partial charge is 0.0942 e. The second-order valence-electron chi connectivity index (χ2n) is 5.61. The Morgan fingerprint density at radius 3 is 2.33 bits per heavy atom. The second-order valence-corrected chi connectivity index (χ2v) is 5.61. The lowest BCUT2D eigenvalue weighted by molar-refractivity contribution is 0.124. The molecule has 0 heterocycles.